The Hall–Kier alpha value is -1.26. The van der Waals surface area contributed by atoms with Gasteiger partial charge in [-0.3, -0.25) is 9.69 Å². The van der Waals surface area contributed by atoms with Gasteiger partial charge in [-0.05, 0) is 31.5 Å². The van der Waals surface area contributed by atoms with E-state index in [1.165, 1.54) is 18.6 Å². The Kier molecular flexibility index (Phi) is 5.68. The van der Waals surface area contributed by atoms with Gasteiger partial charge in [-0.2, -0.15) is 0 Å². The molecule has 0 aliphatic carbocycles. The summed E-state index contributed by atoms with van der Waals surface area (Å²) >= 11 is 0. The Labute approximate surface area is 119 Å². The van der Waals surface area contributed by atoms with Gasteiger partial charge in [0.25, 0.3) is 0 Å². The highest BCUT2D eigenvalue weighted by molar-refractivity contribution is 5.96. The van der Waals surface area contributed by atoms with Gasteiger partial charge in [-0.15, -0.1) is 0 Å². The van der Waals surface area contributed by atoms with E-state index in [2.05, 4.69) is 4.90 Å². The molecule has 0 amide bonds. The average Bonchev–Trinajstić information content (AvgIpc) is 2.70. The van der Waals surface area contributed by atoms with Crippen LogP contribution in [0.25, 0.3) is 0 Å². The number of hydrogen-bond donors (Lipinski definition) is 1. The van der Waals surface area contributed by atoms with Gasteiger partial charge in [0.2, 0.25) is 0 Å². The second kappa shape index (κ2) is 7.50. The van der Waals surface area contributed by atoms with Crippen molar-refractivity contribution in [2.45, 2.75) is 38.1 Å². The van der Waals surface area contributed by atoms with Gasteiger partial charge in [-0.1, -0.05) is 25.0 Å². The summed E-state index contributed by atoms with van der Waals surface area (Å²) in [6.45, 7) is 1.64. The van der Waals surface area contributed by atoms with Crippen LogP contribution in [0.15, 0.2) is 24.3 Å². The van der Waals surface area contributed by atoms with Crippen LogP contribution in [0.3, 0.4) is 0 Å². The van der Waals surface area contributed by atoms with Crippen molar-refractivity contribution in [3.05, 3.63) is 35.6 Å². The minimum Gasteiger partial charge on any atom is -0.395 e. The normalized spacial score (nSPS) is 20.6. The molecule has 1 aromatic carbocycles. The smallest absolute Gasteiger partial charge is 0.167 e. The van der Waals surface area contributed by atoms with Crippen molar-refractivity contribution in [2.75, 3.05) is 19.7 Å². The maximum atomic E-state index is 13.5. The highest BCUT2D eigenvalue weighted by Crippen LogP contribution is 2.17. The monoisotopic (exact) mass is 279 g/mol. The summed E-state index contributed by atoms with van der Waals surface area (Å²) in [7, 11) is 0. The Morgan fingerprint density at radius 2 is 2.10 bits per heavy atom. The lowest BCUT2D eigenvalue weighted by Crippen LogP contribution is -2.38. The van der Waals surface area contributed by atoms with Crippen LogP contribution in [0.1, 0.15) is 42.5 Å². The molecule has 1 heterocycles. The van der Waals surface area contributed by atoms with E-state index in [-0.39, 0.29) is 24.0 Å². The molecule has 1 aromatic rings. The number of ketones is 1. The van der Waals surface area contributed by atoms with Gasteiger partial charge in [0, 0.05) is 19.0 Å². The molecular formula is C16H22FNO2. The van der Waals surface area contributed by atoms with Crippen molar-refractivity contribution in [1.29, 1.82) is 0 Å². The molecule has 0 aromatic heterocycles. The SMILES string of the molecule is O=C(CCN1CCCCCC1CO)c1ccccc1F. The Morgan fingerprint density at radius 3 is 2.85 bits per heavy atom. The van der Waals surface area contributed by atoms with E-state index < -0.39 is 5.82 Å². The fourth-order valence-electron chi connectivity index (χ4n) is 2.81. The van der Waals surface area contributed by atoms with Crippen LogP contribution in [0, 0.1) is 5.82 Å². The predicted molar refractivity (Wildman–Crippen MR) is 76.3 cm³/mol. The highest BCUT2D eigenvalue weighted by Gasteiger charge is 2.21. The largest absolute Gasteiger partial charge is 0.395 e. The number of aliphatic hydroxyl groups excluding tert-OH is 1. The first-order valence-electron chi connectivity index (χ1n) is 7.35. The summed E-state index contributed by atoms with van der Waals surface area (Å²) < 4.78 is 13.5. The van der Waals surface area contributed by atoms with Crippen LogP contribution < -0.4 is 0 Å². The van der Waals surface area contributed by atoms with E-state index in [0.29, 0.717) is 13.0 Å². The molecule has 0 spiro atoms. The van der Waals surface area contributed by atoms with Gasteiger partial charge in [0.05, 0.1) is 12.2 Å². The van der Waals surface area contributed by atoms with Crippen LogP contribution in [0.4, 0.5) is 4.39 Å². The van der Waals surface area contributed by atoms with Crippen LogP contribution in [-0.2, 0) is 0 Å². The Bertz CT molecular complexity index is 450. The maximum Gasteiger partial charge on any atom is 0.167 e. The Morgan fingerprint density at radius 1 is 1.30 bits per heavy atom. The second-order valence-electron chi connectivity index (χ2n) is 5.37. The van der Waals surface area contributed by atoms with E-state index in [1.54, 1.807) is 12.1 Å². The first-order valence-corrected chi connectivity index (χ1v) is 7.35. The highest BCUT2D eigenvalue weighted by atomic mass is 19.1. The summed E-state index contributed by atoms with van der Waals surface area (Å²) in [5.74, 6) is -0.615. The lowest BCUT2D eigenvalue weighted by Gasteiger charge is -2.28. The predicted octanol–water partition coefficient (Wildman–Crippen LogP) is 2.64. The second-order valence-corrected chi connectivity index (χ2v) is 5.37. The van der Waals surface area contributed by atoms with Gasteiger partial charge in [0.1, 0.15) is 5.82 Å². The molecule has 1 fully saturated rings. The van der Waals surface area contributed by atoms with Crippen molar-refractivity contribution >= 4 is 5.78 Å². The van der Waals surface area contributed by atoms with Crippen molar-refractivity contribution in [3.63, 3.8) is 0 Å². The van der Waals surface area contributed by atoms with E-state index in [4.69, 9.17) is 0 Å². The molecule has 20 heavy (non-hydrogen) atoms. The zero-order valence-corrected chi connectivity index (χ0v) is 11.7. The van der Waals surface area contributed by atoms with Gasteiger partial charge < -0.3 is 5.11 Å². The molecule has 1 N–H and O–H groups in total. The van der Waals surface area contributed by atoms with Crippen molar-refractivity contribution < 1.29 is 14.3 Å². The summed E-state index contributed by atoms with van der Waals surface area (Å²) in [4.78, 5) is 14.2. The fraction of sp³-hybridized carbons (Fsp3) is 0.562. The molecule has 1 aliphatic heterocycles. The minimum absolute atomic E-state index is 0.133. The molecule has 1 atom stereocenters. The number of benzene rings is 1. The number of halogens is 1. The number of carbonyl (C=O) groups is 1. The van der Waals surface area contributed by atoms with Crippen LogP contribution in [-0.4, -0.2) is 41.5 Å². The molecule has 3 nitrogen and oxygen atoms in total. The average molecular weight is 279 g/mol. The molecule has 1 aliphatic rings. The molecule has 0 radical (unpaired) electrons. The van der Waals surface area contributed by atoms with E-state index in [9.17, 15) is 14.3 Å². The third kappa shape index (κ3) is 3.87. The standard InChI is InChI=1S/C16H22FNO2/c17-15-8-4-3-7-14(15)16(20)9-11-18-10-5-1-2-6-13(18)12-19/h3-4,7-8,13,19H,1-2,5-6,9-12H2. The number of nitrogens with zero attached hydrogens (tertiary/aromatic N) is 1. The third-order valence-corrected chi connectivity index (χ3v) is 4.01. The van der Waals surface area contributed by atoms with E-state index in [1.807, 2.05) is 0 Å². The van der Waals surface area contributed by atoms with Crippen molar-refractivity contribution in [2.24, 2.45) is 0 Å². The van der Waals surface area contributed by atoms with Crippen LogP contribution >= 0.6 is 0 Å². The van der Waals surface area contributed by atoms with Gasteiger partial charge in [0.15, 0.2) is 5.78 Å². The molecule has 0 bridgehead atoms. The lowest BCUT2D eigenvalue weighted by atomic mass is 10.1. The van der Waals surface area contributed by atoms with Crippen LogP contribution in [0.5, 0.6) is 0 Å². The lowest BCUT2D eigenvalue weighted by molar-refractivity contribution is 0.0906. The molecule has 1 saturated heterocycles. The number of carbonyl (C=O) groups excluding carboxylic acids is 1. The number of rotatable bonds is 5. The Balaban J connectivity index is 1.93. The number of hydrogen-bond acceptors (Lipinski definition) is 3. The van der Waals surface area contributed by atoms with E-state index in [0.717, 1.165) is 25.8 Å². The quantitative estimate of drug-likeness (QED) is 0.842. The maximum absolute atomic E-state index is 13.5. The first-order chi connectivity index (χ1) is 9.72. The first kappa shape index (κ1) is 15.1. The van der Waals surface area contributed by atoms with Gasteiger partial charge >= 0.3 is 0 Å². The van der Waals surface area contributed by atoms with Crippen molar-refractivity contribution in [3.8, 4) is 0 Å². The zero-order chi connectivity index (χ0) is 14.4. The summed E-state index contributed by atoms with van der Waals surface area (Å²) in [5, 5.41) is 9.43. The zero-order valence-electron chi connectivity index (χ0n) is 11.7. The van der Waals surface area contributed by atoms with Gasteiger partial charge in [-0.25, -0.2) is 4.39 Å². The summed E-state index contributed by atoms with van der Waals surface area (Å²) in [5.41, 5.74) is 0.169. The number of aliphatic hydroxyl groups is 1. The number of Topliss-reactive ketones (excluding diaryl/α,β-unsaturated/α-hetero) is 1. The molecule has 2 rings (SSSR count). The van der Waals surface area contributed by atoms with E-state index >= 15 is 0 Å². The molecule has 0 saturated carbocycles. The molecule has 1 unspecified atom stereocenters. The molecule has 4 heteroatoms. The van der Waals surface area contributed by atoms with Crippen LogP contribution in [0.2, 0.25) is 0 Å². The third-order valence-electron chi connectivity index (χ3n) is 4.01. The molecule has 110 valence electrons. The minimum atomic E-state index is -0.452. The number of likely N-dealkylation sites (tertiary alicyclic amines) is 1. The summed E-state index contributed by atoms with van der Waals surface area (Å²) in [6, 6.07) is 6.26. The molecular weight excluding hydrogens is 257 g/mol. The fourth-order valence-corrected chi connectivity index (χ4v) is 2.81. The topological polar surface area (TPSA) is 40.5 Å². The summed E-state index contributed by atoms with van der Waals surface area (Å²) in [6.07, 6.45) is 4.68. The van der Waals surface area contributed by atoms with Crippen molar-refractivity contribution in [1.82, 2.24) is 4.90 Å².